The van der Waals surface area contributed by atoms with Gasteiger partial charge in [0.1, 0.15) is 10.8 Å². The van der Waals surface area contributed by atoms with Gasteiger partial charge in [-0.2, -0.15) is 0 Å². The third-order valence-corrected chi connectivity index (χ3v) is 6.60. The molecule has 4 aromatic carbocycles. The first-order valence-corrected chi connectivity index (χ1v) is 11.3. The highest BCUT2D eigenvalue weighted by Gasteiger charge is 2.15. The molecule has 0 bridgehead atoms. The van der Waals surface area contributed by atoms with Gasteiger partial charge >= 0.3 is 0 Å². The Morgan fingerprint density at radius 1 is 0.531 bits per heavy atom. The Morgan fingerprint density at radius 3 is 1.88 bits per heavy atom. The molecule has 2 heterocycles. The minimum absolute atomic E-state index is 0.860. The van der Waals surface area contributed by atoms with Crippen LogP contribution in [0.5, 0.6) is 0 Å². The predicted octanol–water partition coefficient (Wildman–Crippen LogP) is 7.69. The molecule has 0 aliphatic rings. The average molecular weight is 430 g/mol. The van der Waals surface area contributed by atoms with Gasteiger partial charge in [0.25, 0.3) is 0 Å². The van der Waals surface area contributed by atoms with E-state index in [2.05, 4.69) is 83.8 Å². The van der Waals surface area contributed by atoms with Crippen molar-refractivity contribution < 1.29 is 0 Å². The molecule has 0 radical (unpaired) electrons. The highest BCUT2D eigenvalue weighted by Crippen LogP contribution is 2.34. The molecule has 0 saturated carbocycles. The second kappa shape index (κ2) is 7.91. The Bertz CT molecular complexity index is 1410. The van der Waals surface area contributed by atoms with Gasteiger partial charge in [-0.05, 0) is 12.1 Å². The molecule has 0 aliphatic carbocycles. The molecule has 1 N–H and O–H groups in total. The maximum absolute atomic E-state index is 5.00. The second-order valence-electron chi connectivity index (χ2n) is 7.61. The summed E-state index contributed by atoms with van der Waals surface area (Å²) in [4.78, 5) is 13.3. The first-order valence-electron chi connectivity index (χ1n) is 10.5. The van der Waals surface area contributed by atoms with Crippen molar-refractivity contribution in [2.45, 2.75) is 0 Å². The van der Waals surface area contributed by atoms with Crippen LogP contribution in [0.4, 0.5) is 0 Å². The summed E-state index contributed by atoms with van der Waals surface area (Å²) >= 11 is 1.72. The largest absolute Gasteiger partial charge is 0.337 e. The minimum Gasteiger partial charge on any atom is -0.337 e. The normalized spacial score (nSPS) is 11.1. The quantitative estimate of drug-likeness (QED) is 0.312. The number of thiazole rings is 1. The van der Waals surface area contributed by atoms with Gasteiger partial charge < -0.3 is 4.98 Å². The predicted molar refractivity (Wildman–Crippen MR) is 134 cm³/mol. The monoisotopic (exact) mass is 429 g/mol. The average Bonchev–Trinajstić information content (AvgIpc) is 3.50. The number of aromatic amines is 1. The van der Waals surface area contributed by atoms with Gasteiger partial charge in [-0.25, -0.2) is 9.97 Å². The summed E-state index contributed by atoms with van der Waals surface area (Å²) in [5, 5.41) is 1.03. The van der Waals surface area contributed by atoms with Crippen LogP contribution in [0.3, 0.4) is 0 Å². The van der Waals surface area contributed by atoms with E-state index in [4.69, 9.17) is 9.97 Å². The van der Waals surface area contributed by atoms with Crippen LogP contribution in [0.1, 0.15) is 0 Å². The number of fused-ring (bicyclic) bond motifs is 1. The van der Waals surface area contributed by atoms with Crippen LogP contribution >= 0.6 is 11.3 Å². The van der Waals surface area contributed by atoms with E-state index in [9.17, 15) is 0 Å². The van der Waals surface area contributed by atoms with Crippen LogP contribution in [-0.4, -0.2) is 15.0 Å². The number of aromatic nitrogens is 3. The van der Waals surface area contributed by atoms with Crippen molar-refractivity contribution in [1.29, 1.82) is 0 Å². The fraction of sp³-hybridized carbons (Fsp3) is 0. The van der Waals surface area contributed by atoms with Gasteiger partial charge in [-0.1, -0.05) is 97.1 Å². The standard InChI is InChI=1S/C28H19N3S/c1-3-9-19(10-4-1)25-26(20-11-5-2-6-12-20)31-27(30-25)21-15-17-22(18-16-21)28-29-23-13-7-8-14-24(23)32-28/h1-18H,(H,30,31). The Hall–Kier alpha value is -4.02. The lowest BCUT2D eigenvalue weighted by atomic mass is 10.1. The molecule has 32 heavy (non-hydrogen) atoms. The maximum atomic E-state index is 5.00. The number of nitrogens with zero attached hydrogens (tertiary/aromatic N) is 2. The molecule has 0 aliphatic heterocycles. The van der Waals surface area contributed by atoms with Crippen molar-refractivity contribution in [3.8, 4) is 44.5 Å². The summed E-state index contributed by atoms with van der Waals surface area (Å²) in [6.45, 7) is 0. The van der Waals surface area contributed by atoms with Crippen molar-refractivity contribution in [3.63, 3.8) is 0 Å². The van der Waals surface area contributed by atoms with Crippen LogP contribution in [0.25, 0.3) is 54.7 Å². The number of benzene rings is 4. The molecule has 2 aromatic heterocycles. The van der Waals surface area contributed by atoms with Gasteiger partial charge in [0.05, 0.1) is 21.6 Å². The smallest absolute Gasteiger partial charge is 0.138 e. The number of H-pyrrole nitrogens is 1. The first-order chi connectivity index (χ1) is 15.8. The Morgan fingerprint density at radius 2 is 1.16 bits per heavy atom. The lowest BCUT2D eigenvalue weighted by Gasteiger charge is -2.02. The summed E-state index contributed by atoms with van der Waals surface area (Å²) < 4.78 is 1.21. The van der Waals surface area contributed by atoms with E-state index in [-0.39, 0.29) is 0 Å². The van der Waals surface area contributed by atoms with E-state index >= 15 is 0 Å². The first kappa shape index (κ1) is 18.7. The number of nitrogens with one attached hydrogen (secondary N) is 1. The lowest BCUT2D eigenvalue weighted by Crippen LogP contribution is -1.82. The zero-order valence-electron chi connectivity index (χ0n) is 17.2. The van der Waals surface area contributed by atoms with E-state index < -0.39 is 0 Å². The van der Waals surface area contributed by atoms with Gasteiger partial charge in [0, 0.05) is 22.3 Å². The Labute approximate surface area is 190 Å². The maximum Gasteiger partial charge on any atom is 0.138 e. The summed E-state index contributed by atoms with van der Waals surface area (Å²) in [7, 11) is 0. The van der Waals surface area contributed by atoms with Gasteiger partial charge in [-0.15, -0.1) is 11.3 Å². The van der Waals surface area contributed by atoms with Gasteiger partial charge in [0.2, 0.25) is 0 Å². The Kier molecular flexibility index (Phi) is 4.63. The van der Waals surface area contributed by atoms with E-state index in [0.717, 1.165) is 50.0 Å². The zero-order chi connectivity index (χ0) is 21.3. The molecular weight excluding hydrogens is 410 g/mol. The van der Waals surface area contributed by atoms with Gasteiger partial charge in [-0.3, -0.25) is 0 Å². The van der Waals surface area contributed by atoms with E-state index in [1.165, 1.54) is 4.70 Å². The zero-order valence-corrected chi connectivity index (χ0v) is 18.0. The molecule has 152 valence electrons. The second-order valence-corrected chi connectivity index (χ2v) is 8.64. The molecule has 0 amide bonds. The van der Waals surface area contributed by atoms with Crippen molar-refractivity contribution in [1.82, 2.24) is 15.0 Å². The van der Waals surface area contributed by atoms with Crippen LogP contribution in [0.15, 0.2) is 109 Å². The van der Waals surface area contributed by atoms with Crippen molar-refractivity contribution in [2.75, 3.05) is 0 Å². The molecule has 3 nitrogen and oxygen atoms in total. The van der Waals surface area contributed by atoms with Crippen LogP contribution in [0.2, 0.25) is 0 Å². The Balaban J connectivity index is 1.41. The summed E-state index contributed by atoms with van der Waals surface area (Å²) in [6.07, 6.45) is 0. The van der Waals surface area contributed by atoms with E-state index in [1.54, 1.807) is 11.3 Å². The molecule has 6 rings (SSSR count). The molecule has 0 saturated heterocycles. The molecule has 0 unspecified atom stereocenters. The highest BCUT2D eigenvalue weighted by molar-refractivity contribution is 7.21. The van der Waals surface area contributed by atoms with Crippen LogP contribution in [0, 0.1) is 0 Å². The molecule has 4 heteroatoms. The number of rotatable bonds is 4. The number of imidazole rings is 1. The number of hydrogen-bond donors (Lipinski definition) is 1. The third-order valence-electron chi connectivity index (χ3n) is 5.51. The SMILES string of the molecule is c1ccc(-c2nc(-c3ccc(-c4nc5ccccc5s4)cc3)[nH]c2-c2ccccc2)cc1. The molecular formula is C28H19N3S. The third kappa shape index (κ3) is 3.41. The summed E-state index contributed by atoms with van der Waals surface area (Å²) in [5.74, 6) is 0.860. The van der Waals surface area contributed by atoms with Crippen molar-refractivity contribution >= 4 is 21.6 Å². The van der Waals surface area contributed by atoms with E-state index in [1.807, 2.05) is 30.3 Å². The molecule has 6 aromatic rings. The highest BCUT2D eigenvalue weighted by atomic mass is 32.1. The van der Waals surface area contributed by atoms with E-state index in [0.29, 0.717) is 0 Å². The lowest BCUT2D eigenvalue weighted by molar-refractivity contribution is 1.31. The number of para-hydroxylation sites is 1. The van der Waals surface area contributed by atoms with Crippen LogP contribution in [-0.2, 0) is 0 Å². The molecule has 0 atom stereocenters. The minimum atomic E-state index is 0.860. The van der Waals surface area contributed by atoms with Crippen LogP contribution < -0.4 is 0 Å². The molecule has 0 spiro atoms. The fourth-order valence-corrected chi connectivity index (χ4v) is 4.87. The summed E-state index contributed by atoms with van der Waals surface area (Å²) in [5.41, 5.74) is 7.42. The molecule has 0 fully saturated rings. The van der Waals surface area contributed by atoms with Crippen molar-refractivity contribution in [3.05, 3.63) is 109 Å². The van der Waals surface area contributed by atoms with Gasteiger partial charge in [0.15, 0.2) is 0 Å². The number of hydrogen-bond acceptors (Lipinski definition) is 3. The van der Waals surface area contributed by atoms with Crippen molar-refractivity contribution in [2.24, 2.45) is 0 Å². The fourth-order valence-electron chi connectivity index (χ4n) is 3.89. The summed E-state index contributed by atoms with van der Waals surface area (Å²) in [6, 6.07) is 37.4. The topological polar surface area (TPSA) is 41.6 Å².